The SMILES string of the molecule is CNS(=O)(=O)c1ccc(CNc2nc3ccccc3o2)s1. The van der Waals surface area contributed by atoms with Crippen LogP contribution in [0, 0.1) is 0 Å². The van der Waals surface area contributed by atoms with Crippen LogP contribution in [0.5, 0.6) is 0 Å². The van der Waals surface area contributed by atoms with Crippen LogP contribution in [0.25, 0.3) is 11.1 Å². The lowest BCUT2D eigenvalue weighted by atomic mass is 10.3. The smallest absolute Gasteiger partial charge is 0.295 e. The molecule has 3 rings (SSSR count). The fourth-order valence-electron chi connectivity index (χ4n) is 1.81. The topological polar surface area (TPSA) is 84.2 Å². The van der Waals surface area contributed by atoms with E-state index in [1.54, 1.807) is 12.1 Å². The summed E-state index contributed by atoms with van der Waals surface area (Å²) >= 11 is 1.21. The Bertz CT molecular complexity index is 835. The van der Waals surface area contributed by atoms with E-state index in [-0.39, 0.29) is 0 Å². The third-order valence-electron chi connectivity index (χ3n) is 2.88. The van der Waals surface area contributed by atoms with Crippen LogP contribution < -0.4 is 10.0 Å². The number of nitrogens with zero attached hydrogens (tertiary/aromatic N) is 1. The van der Waals surface area contributed by atoms with Gasteiger partial charge in [-0.3, -0.25) is 0 Å². The van der Waals surface area contributed by atoms with Crippen LogP contribution in [-0.2, 0) is 16.6 Å². The van der Waals surface area contributed by atoms with Crippen LogP contribution in [0.4, 0.5) is 6.01 Å². The standard InChI is InChI=1S/C13H13N3O3S2/c1-14-21(17,18)12-7-6-9(20-12)8-15-13-16-10-4-2-3-5-11(10)19-13/h2-7,14H,8H2,1H3,(H,15,16). The monoisotopic (exact) mass is 323 g/mol. The van der Waals surface area contributed by atoms with Crippen LogP contribution in [0.2, 0.25) is 0 Å². The number of sulfonamides is 1. The summed E-state index contributed by atoms with van der Waals surface area (Å²) in [5.74, 6) is 0. The molecule has 0 atom stereocenters. The van der Waals surface area contributed by atoms with Crippen LogP contribution in [0.15, 0.2) is 45.0 Å². The van der Waals surface area contributed by atoms with Gasteiger partial charge in [-0.25, -0.2) is 13.1 Å². The number of fused-ring (bicyclic) bond motifs is 1. The summed E-state index contributed by atoms with van der Waals surface area (Å²) in [7, 11) is -1.98. The summed E-state index contributed by atoms with van der Waals surface area (Å²) < 4.78 is 31.4. The van der Waals surface area contributed by atoms with E-state index in [4.69, 9.17) is 4.42 Å². The molecule has 110 valence electrons. The number of anilines is 1. The number of hydrogen-bond acceptors (Lipinski definition) is 6. The Morgan fingerprint density at radius 1 is 1.24 bits per heavy atom. The summed E-state index contributed by atoms with van der Waals surface area (Å²) in [5, 5.41) is 3.05. The summed E-state index contributed by atoms with van der Waals surface area (Å²) in [6.45, 7) is 0.455. The summed E-state index contributed by atoms with van der Waals surface area (Å²) in [6.07, 6.45) is 0. The molecule has 0 fully saturated rings. The molecule has 0 spiro atoms. The van der Waals surface area contributed by atoms with Crippen molar-refractivity contribution in [3.05, 3.63) is 41.3 Å². The minimum absolute atomic E-state index is 0.291. The number of oxazole rings is 1. The summed E-state index contributed by atoms with van der Waals surface area (Å²) in [4.78, 5) is 5.18. The van der Waals surface area contributed by atoms with E-state index in [1.807, 2.05) is 24.3 Å². The molecular formula is C13H13N3O3S2. The predicted molar refractivity (Wildman–Crippen MR) is 81.9 cm³/mol. The molecule has 0 bridgehead atoms. The third-order valence-corrected chi connectivity index (χ3v) is 5.87. The number of hydrogen-bond donors (Lipinski definition) is 2. The Morgan fingerprint density at radius 3 is 2.81 bits per heavy atom. The molecule has 0 aliphatic rings. The zero-order valence-electron chi connectivity index (χ0n) is 11.2. The van der Waals surface area contributed by atoms with Gasteiger partial charge in [0.1, 0.15) is 9.73 Å². The van der Waals surface area contributed by atoms with Crippen LogP contribution in [0.1, 0.15) is 4.88 Å². The maximum Gasteiger partial charge on any atom is 0.295 e. The Kier molecular flexibility index (Phi) is 3.66. The Morgan fingerprint density at radius 2 is 2.05 bits per heavy atom. The lowest BCUT2D eigenvalue weighted by Crippen LogP contribution is -2.17. The van der Waals surface area contributed by atoms with Gasteiger partial charge in [-0.05, 0) is 31.3 Å². The van der Waals surface area contributed by atoms with Gasteiger partial charge < -0.3 is 9.73 Å². The third kappa shape index (κ3) is 2.92. The minimum Gasteiger partial charge on any atom is -0.424 e. The average molecular weight is 323 g/mol. The lowest BCUT2D eigenvalue weighted by Gasteiger charge is -1.98. The van der Waals surface area contributed by atoms with Crippen molar-refractivity contribution in [2.45, 2.75) is 10.8 Å². The van der Waals surface area contributed by atoms with E-state index in [1.165, 1.54) is 18.4 Å². The van der Waals surface area contributed by atoms with Crippen molar-refractivity contribution >= 4 is 38.5 Å². The van der Waals surface area contributed by atoms with Gasteiger partial charge in [0.15, 0.2) is 5.58 Å². The molecule has 6 nitrogen and oxygen atoms in total. The van der Waals surface area contributed by atoms with Crippen molar-refractivity contribution < 1.29 is 12.8 Å². The van der Waals surface area contributed by atoms with Gasteiger partial charge in [0, 0.05) is 4.88 Å². The molecule has 2 aromatic heterocycles. The highest BCUT2D eigenvalue weighted by molar-refractivity contribution is 7.91. The molecule has 8 heteroatoms. The van der Waals surface area contributed by atoms with Crippen molar-refractivity contribution in [1.82, 2.24) is 9.71 Å². The second-order valence-corrected chi connectivity index (χ2v) is 7.55. The van der Waals surface area contributed by atoms with Gasteiger partial charge >= 0.3 is 0 Å². The quantitative estimate of drug-likeness (QED) is 0.753. The first-order chi connectivity index (χ1) is 10.1. The highest BCUT2D eigenvalue weighted by atomic mass is 32.2. The maximum atomic E-state index is 11.7. The highest BCUT2D eigenvalue weighted by Crippen LogP contribution is 2.23. The summed E-state index contributed by atoms with van der Waals surface area (Å²) in [6, 6.07) is 11.3. The first kappa shape index (κ1) is 14.1. The fraction of sp³-hybridized carbons (Fsp3) is 0.154. The maximum absolute atomic E-state index is 11.7. The van der Waals surface area contributed by atoms with E-state index in [0.717, 1.165) is 10.4 Å². The molecule has 0 amide bonds. The second kappa shape index (κ2) is 5.47. The van der Waals surface area contributed by atoms with Crippen molar-refractivity contribution in [1.29, 1.82) is 0 Å². The van der Waals surface area contributed by atoms with Crippen molar-refractivity contribution in [2.75, 3.05) is 12.4 Å². The normalized spacial score (nSPS) is 11.9. The van der Waals surface area contributed by atoms with Gasteiger partial charge in [0.05, 0.1) is 6.54 Å². The number of thiophene rings is 1. The second-order valence-electron chi connectivity index (χ2n) is 4.27. The van der Waals surface area contributed by atoms with Crippen molar-refractivity contribution in [2.24, 2.45) is 0 Å². The number of nitrogens with one attached hydrogen (secondary N) is 2. The van der Waals surface area contributed by atoms with Crippen molar-refractivity contribution in [3.63, 3.8) is 0 Å². The molecule has 0 radical (unpaired) electrons. The average Bonchev–Trinajstić information content (AvgIpc) is 3.11. The minimum atomic E-state index is -3.38. The largest absolute Gasteiger partial charge is 0.424 e. The number of benzene rings is 1. The highest BCUT2D eigenvalue weighted by Gasteiger charge is 2.14. The van der Waals surface area contributed by atoms with E-state index in [9.17, 15) is 8.42 Å². The first-order valence-corrected chi connectivity index (χ1v) is 8.50. The van der Waals surface area contributed by atoms with E-state index < -0.39 is 10.0 Å². The number of rotatable bonds is 5. The lowest BCUT2D eigenvalue weighted by molar-refractivity contribution is 0.590. The van der Waals surface area contributed by atoms with Crippen molar-refractivity contribution in [3.8, 4) is 0 Å². The molecule has 2 heterocycles. The van der Waals surface area contributed by atoms with Gasteiger partial charge in [0.2, 0.25) is 10.0 Å². The van der Waals surface area contributed by atoms with E-state index >= 15 is 0 Å². The molecule has 0 saturated carbocycles. The van der Waals surface area contributed by atoms with Gasteiger partial charge in [0.25, 0.3) is 6.01 Å². The van der Waals surface area contributed by atoms with Gasteiger partial charge in [-0.15, -0.1) is 11.3 Å². The number of aromatic nitrogens is 1. The molecule has 1 aromatic carbocycles. The van der Waals surface area contributed by atoms with Crippen LogP contribution in [0.3, 0.4) is 0 Å². The van der Waals surface area contributed by atoms with Crippen LogP contribution in [-0.4, -0.2) is 20.4 Å². The zero-order valence-corrected chi connectivity index (χ0v) is 12.8. The molecule has 0 unspecified atom stereocenters. The molecular weight excluding hydrogens is 310 g/mol. The summed E-state index contributed by atoms with van der Waals surface area (Å²) in [5.41, 5.74) is 1.49. The molecule has 0 aliphatic carbocycles. The Hall–Kier alpha value is -1.90. The Balaban J connectivity index is 1.73. The molecule has 2 N–H and O–H groups in total. The molecule has 0 saturated heterocycles. The van der Waals surface area contributed by atoms with Gasteiger partial charge in [-0.1, -0.05) is 12.1 Å². The molecule has 0 aliphatic heterocycles. The number of para-hydroxylation sites is 2. The van der Waals surface area contributed by atoms with Crippen LogP contribution >= 0.6 is 11.3 Å². The Labute approximate surface area is 125 Å². The zero-order chi connectivity index (χ0) is 14.9. The van der Waals surface area contributed by atoms with E-state index in [0.29, 0.717) is 22.4 Å². The first-order valence-electron chi connectivity index (χ1n) is 6.20. The molecule has 3 aromatic rings. The molecule has 21 heavy (non-hydrogen) atoms. The van der Waals surface area contributed by atoms with Gasteiger partial charge in [-0.2, -0.15) is 4.98 Å². The van der Waals surface area contributed by atoms with E-state index in [2.05, 4.69) is 15.0 Å². The fourth-order valence-corrected chi connectivity index (χ4v) is 3.94. The predicted octanol–water partition coefficient (Wildman–Crippen LogP) is 2.41.